The van der Waals surface area contributed by atoms with Crippen LogP contribution in [0, 0.1) is 5.82 Å². The molecule has 2 aromatic carbocycles. The predicted molar refractivity (Wildman–Crippen MR) is 85.1 cm³/mol. The number of halogens is 1. The molecular weight excluding hydrogens is 286 g/mol. The molecule has 0 heterocycles. The summed E-state index contributed by atoms with van der Waals surface area (Å²) in [6, 6.07) is 14.1. The summed E-state index contributed by atoms with van der Waals surface area (Å²) in [6.45, 7) is 5.97. The Balaban J connectivity index is 2.22. The molecule has 2 aromatic rings. The van der Waals surface area contributed by atoms with Crippen LogP contribution in [0.5, 0.6) is 0 Å². The van der Waals surface area contributed by atoms with E-state index >= 15 is 0 Å². The first kappa shape index (κ1) is 15.9. The van der Waals surface area contributed by atoms with Crippen molar-refractivity contribution in [2.75, 3.05) is 13.3 Å². The van der Waals surface area contributed by atoms with E-state index in [1.54, 1.807) is 18.8 Å². The molecule has 0 aliphatic rings. The minimum Gasteiger partial charge on any atom is -0.326 e. The monoisotopic (exact) mass is 306 g/mol. The molecule has 0 N–H and O–H groups in total. The van der Waals surface area contributed by atoms with Crippen molar-refractivity contribution in [2.45, 2.75) is 19.8 Å². The zero-order chi connectivity index (χ0) is 15.5. The van der Waals surface area contributed by atoms with Gasteiger partial charge >= 0.3 is 0 Å². The third kappa shape index (κ3) is 3.81. The third-order valence-corrected chi connectivity index (χ3v) is 5.59. The summed E-state index contributed by atoms with van der Waals surface area (Å²) >= 11 is 0. The zero-order valence-corrected chi connectivity index (χ0v) is 13.4. The molecule has 0 radical (unpaired) electrons. The highest BCUT2D eigenvalue weighted by atomic mass is 31.2. The van der Waals surface area contributed by atoms with Crippen molar-refractivity contribution in [3.8, 4) is 0 Å². The molecule has 2 rings (SSSR count). The van der Waals surface area contributed by atoms with Gasteiger partial charge in [-0.15, -0.1) is 0 Å². The zero-order valence-electron chi connectivity index (χ0n) is 12.5. The van der Waals surface area contributed by atoms with Crippen molar-refractivity contribution >= 4 is 12.7 Å². The molecule has 0 spiro atoms. The van der Waals surface area contributed by atoms with Gasteiger partial charge in [0.1, 0.15) is 5.82 Å². The molecule has 0 aromatic heterocycles. The number of hydrogen-bond donors (Lipinski definition) is 0. The van der Waals surface area contributed by atoms with Crippen LogP contribution in [0.2, 0.25) is 0 Å². The molecule has 2 atom stereocenters. The fourth-order valence-electron chi connectivity index (χ4n) is 2.30. The highest BCUT2D eigenvalue weighted by molar-refractivity contribution is 7.66. The summed E-state index contributed by atoms with van der Waals surface area (Å²) in [4.78, 5) is 0. The maximum Gasteiger partial charge on any atom is 0.229 e. The van der Waals surface area contributed by atoms with Crippen LogP contribution in [-0.4, -0.2) is 13.3 Å². The molecular formula is C17H20FO2P. The molecule has 112 valence electrons. The van der Waals surface area contributed by atoms with E-state index in [1.165, 1.54) is 12.1 Å². The number of benzene rings is 2. The average Bonchev–Trinajstić information content (AvgIpc) is 2.47. The van der Waals surface area contributed by atoms with Gasteiger partial charge in [-0.05, 0) is 42.3 Å². The number of rotatable bonds is 5. The summed E-state index contributed by atoms with van der Waals surface area (Å²) in [5, 5.41) is 0.722. The van der Waals surface area contributed by atoms with Gasteiger partial charge < -0.3 is 4.52 Å². The lowest BCUT2D eigenvalue weighted by molar-refractivity contribution is 0.345. The van der Waals surface area contributed by atoms with Crippen LogP contribution in [-0.2, 0) is 9.09 Å². The minimum atomic E-state index is -2.72. The lowest BCUT2D eigenvalue weighted by atomic mass is 9.93. The normalized spacial score (nSPS) is 15.4. The third-order valence-electron chi connectivity index (χ3n) is 3.61. The van der Waals surface area contributed by atoms with Gasteiger partial charge in [0, 0.05) is 17.9 Å². The van der Waals surface area contributed by atoms with Gasteiger partial charge in [0.15, 0.2) is 0 Å². The Labute approximate surface area is 125 Å². The lowest BCUT2D eigenvalue weighted by Gasteiger charge is -2.16. The van der Waals surface area contributed by atoms with Crippen molar-refractivity contribution in [3.05, 3.63) is 65.5 Å². The Hall–Kier alpha value is -1.44. The van der Waals surface area contributed by atoms with Crippen LogP contribution < -0.4 is 5.30 Å². The Bertz CT molecular complexity index is 635. The largest absolute Gasteiger partial charge is 0.326 e. The Morgan fingerprint density at radius 1 is 1.05 bits per heavy atom. The van der Waals surface area contributed by atoms with Gasteiger partial charge in [-0.3, -0.25) is 4.57 Å². The number of hydrogen-bond acceptors (Lipinski definition) is 2. The van der Waals surface area contributed by atoms with Gasteiger partial charge in [-0.1, -0.05) is 31.2 Å². The van der Waals surface area contributed by atoms with E-state index in [0.29, 0.717) is 6.61 Å². The van der Waals surface area contributed by atoms with Gasteiger partial charge in [-0.2, -0.15) is 0 Å². The van der Waals surface area contributed by atoms with Crippen LogP contribution in [0.3, 0.4) is 0 Å². The molecule has 2 unspecified atom stereocenters. The summed E-state index contributed by atoms with van der Waals surface area (Å²) in [7, 11) is -2.72. The Morgan fingerprint density at radius 2 is 1.52 bits per heavy atom. The first-order valence-electron chi connectivity index (χ1n) is 7.02. The molecule has 0 saturated carbocycles. The fourth-order valence-corrected chi connectivity index (χ4v) is 3.63. The van der Waals surface area contributed by atoms with E-state index in [2.05, 4.69) is 6.92 Å². The van der Waals surface area contributed by atoms with Crippen LogP contribution in [0.15, 0.2) is 48.5 Å². The first-order valence-corrected chi connectivity index (χ1v) is 9.09. The molecule has 0 aliphatic carbocycles. The van der Waals surface area contributed by atoms with Crippen molar-refractivity contribution in [1.29, 1.82) is 0 Å². The maximum atomic E-state index is 13.0. The second-order valence-electron chi connectivity index (χ2n) is 5.13. The van der Waals surface area contributed by atoms with E-state index in [4.69, 9.17) is 4.52 Å². The van der Waals surface area contributed by atoms with Crippen molar-refractivity contribution in [3.63, 3.8) is 0 Å². The van der Waals surface area contributed by atoms with E-state index in [0.717, 1.165) is 16.4 Å². The fraction of sp³-hybridized carbons (Fsp3) is 0.294. The highest BCUT2D eigenvalue weighted by Gasteiger charge is 2.18. The SMILES string of the molecule is CCOP(C)(=O)c1ccc(C(C)c2ccc(F)cc2)cc1. The second kappa shape index (κ2) is 6.55. The molecule has 0 fully saturated rings. The van der Waals surface area contributed by atoms with E-state index in [1.807, 2.05) is 31.2 Å². The minimum absolute atomic E-state index is 0.156. The average molecular weight is 306 g/mol. The van der Waals surface area contributed by atoms with Crippen LogP contribution in [0.25, 0.3) is 0 Å². The van der Waals surface area contributed by atoms with Crippen LogP contribution >= 0.6 is 7.37 Å². The van der Waals surface area contributed by atoms with E-state index < -0.39 is 7.37 Å². The van der Waals surface area contributed by atoms with Crippen LogP contribution in [0.1, 0.15) is 30.9 Å². The molecule has 21 heavy (non-hydrogen) atoms. The molecule has 2 nitrogen and oxygen atoms in total. The van der Waals surface area contributed by atoms with Gasteiger partial charge in [0.05, 0.1) is 6.61 Å². The van der Waals surface area contributed by atoms with Gasteiger partial charge in [-0.25, -0.2) is 4.39 Å². The molecule has 0 aliphatic heterocycles. The van der Waals surface area contributed by atoms with Crippen molar-refractivity contribution in [2.24, 2.45) is 0 Å². The molecule has 0 amide bonds. The van der Waals surface area contributed by atoms with Gasteiger partial charge in [0.2, 0.25) is 7.37 Å². The quantitative estimate of drug-likeness (QED) is 0.758. The lowest BCUT2D eigenvalue weighted by Crippen LogP contribution is -2.07. The summed E-state index contributed by atoms with van der Waals surface area (Å²) in [5.74, 6) is -0.0760. The summed E-state index contributed by atoms with van der Waals surface area (Å²) < 4.78 is 30.6. The summed E-state index contributed by atoms with van der Waals surface area (Å²) in [5.41, 5.74) is 2.15. The second-order valence-corrected chi connectivity index (χ2v) is 7.59. The van der Waals surface area contributed by atoms with Crippen molar-refractivity contribution < 1.29 is 13.5 Å². The van der Waals surface area contributed by atoms with Crippen LogP contribution in [0.4, 0.5) is 4.39 Å². The van der Waals surface area contributed by atoms with E-state index in [-0.39, 0.29) is 11.7 Å². The topological polar surface area (TPSA) is 26.3 Å². The Morgan fingerprint density at radius 3 is 2.00 bits per heavy atom. The molecule has 0 bridgehead atoms. The van der Waals surface area contributed by atoms with Crippen molar-refractivity contribution in [1.82, 2.24) is 0 Å². The maximum absolute atomic E-state index is 13.0. The predicted octanol–water partition coefficient (Wildman–Crippen LogP) is 4.55. The smallest absolute Gasteiger partial charge is 0.229 e. The van der Waals surface area contributed by atoms with E-state index in [9.17, 15) is 8.96 Å². The first-order chi connectivity index (χ1) is 9.94. The van der Waals surface area contributed by atoms with Gasteiger partial charge in [0.25, 0.3) is 0 Å². The summed E-state index contributed by atoms with van der Waals surface area (Å²) in [6.07, 6.45) is 0. The molecule has 0 saturated heterocycles. The highest BCUT2D eigenvalue weighted by Crippen LogP contribution is 2.41. The standard InChI is InChI=1S/C17H20FO2P/c1-4-20-21(3,19)17-11-7-15(8-12-17)13(2)14-5-9-16(18)10-6-14/h5-13H,4H2,1-3H3. The molecule has 4 heteroatoms. The Kier molecular flexibility index (Phi) is 4.97.